The van der Waals surface area contributed by atoms with E-state index in [0.29, 0.717) is 0 Å². The molecule has 1 heterocycles. The van der Waals surface area contributed by atoms with Crippen LogP contribution in [-0.4, -0.2) is 16.7 Å². The fraction of sp³-hybridized carbons (Fsp3) is 0.308. The third kappa shape index (κ3) is 3.04. The van der Waals surface area contributed by atoms with Crippen LogP contribution in [0.5, 0.6) is 0 Å². The van der Waals surface area contributed by atoms with Gasteiger partial charge >= 0.3 is 6.09 Å². The van der Waals surface area contributed by atoms with Crippen LogP contribution >= 0.6 is 15.9 Å². The van der Waals surface area contributed by atoms with Gasteiger partial charge in [0.05, 0.1) is 5.69 Å². The Hall–Kier alpha value is -1.49. The van der Waals surface area contributed by atoms with Gasteiger partial charge in [0.2, 0.25) is 0 Å². The molecule has 4 nitrogen and oxygen atoms in total. The van der Waals surface area contributed by atoms with Crippen LogP contribution in [-0.2, 0) is 4.74 Å². The SMILES string of the molecule is CC(C)(C)OC(=O)Nc1cc(Br)cc2[nH]ccc12. The highest BCUT2D eigenvalue weighted by Crippen LogP contribution is 2.27. The molecule has 0 aliphatic heterocycles. The number of halogens is 1. The molecule has 2 rings (SSSR count). The first kappa shape index (κ1) is 13.0. The first-order valence-electron chi connectivity index (χ1n) is 5.62. The van der Waals surface area contributed by atoms with E-state index >= 15 is 0 Å². The maximum atomic E-state index is 11.7. The predicted octanol–water partition coefficient (Wildman–Crippen LogP) is 4.28. The first-order valence-corrected chi connectivity index (χ1v) is 6.41. The summed E-state index contributed by atoms with van der Waals surface area (Å²) in [5.74, 6) is 0. The zero-order chi connectivity index (χ0) is 13.3. The second kappa shape index (κ2) is 4.65. The lowest BCUT2D eigenvalue weighted by molar-refractivity contribution is 0.0636. The van der Waals surface area contributed by atoms with E-state index in [1.807, 2.05) is 45.2 Å². The number of rotatable bonds is 1. The van der Waals surface area contributed by atoms with E-state index in [9.17, 15) is 4.79 Å². The summed E-state index contributed by atoms with van der Waals surface area (Å²) in [4.78, 5) is 14.8. The van der Waals surface area contributed by atoms with Gasteiger partial charge in [-0.1, -0.05) is 15.9 Å². The van der Waals surface area contributed by atoms with Gasteiger partial charge in [-0.3, -0.25) is 5.32 Å². The second-order valence-corrected chi connectivity index (χ2v) is 5.93. The van der Waals surface area contributed by atoms with Gasteiger partial charge in [0.25, 0.3) is 0 Å². The fourth-order valence-electron chi connectivity index (χ4n) is 1.65. The van der Waals surface area contributed by atoms with Crippen molar-refractivity contribution in [1.82, 2.24) is 4.98 Å². The van der Waals surface area contributed by atoms with Crippen molar-refractivity contribution in [2.24, 2.45) is 0 Å². The number of fused-ring (bicyclic) bond motifs is 1. The number of anilines is 1. The van der Waals surface area contributed by atoms with E-state index in [-0.39, 0.29) is 0 Å². The van der Waals surface area contributed by atoms with Crippen molar-refractivity contribution in [3.8, 4) is 0 Å². The minimum absolute atomic E-state index is 0.455. The molecule has 0 radical (unpaired) electrons. The van der Waals surface area contributed by atoms with E-state index in [1.54, 1.807) is 0 Å². The number of benzene rings is 1. The molecule has 0 aliphatic rings. The number of aromatic amines is 1. The number of ether oxygens (including phenoxy) is 1. The Balaban J connectivity index is 2.26. The van der Waals surface area contributed by atoms with Crippen LogP contribution in [0.3, 0.4) is 0 Å². The molecule has 0 saturated carbocycles. The Morgan fingerprint density at radius 2 is 2.11 bits per heavy atom. The quantitative estimate of drug-likeness (QED) is 0.826. The molecule has 0 saturated heterocycles. The van der Waals surface area contributed by atoms with Crippen LogP contribution < -0.4 is 5.32 Å². The Labute approximate surface area is 114 Å². The Kier molecular flexibility index (Phi) is 3.34. The highest BCUT2D eigenvalue weighted by molar-refractivity contribution is 9.10. The molecular formula is C13H15BrN2O2. The number of nitrogens with one attached hydrogen (secondary N) is 2. The number of hydrogen-bond acceptors (Lipinski definition) is 2. The lowest BCUT2D eigenvalue weighted by Gasteiger charge is -2.20. The standard InChI is InChI=1S/C13H15BrN2O2/c1-13(2,3)18-12(17)16-11-7-8(14)6-10-9(11)4-5-15-10/h4-7,15H,1-3H3,(H,16,17). The van der Waals surface area contributed by atoms with Gasteiger partial charge in [0, 0.05) is 21.6 Å². The van der Waals surface area contributed by atoms with Crippen molar-refractivity contribution in [3.05, 3.63) is 28.9 Å². The molecule has 1 aromatic heterocycles. The number of hydrogen-bond donors (Lipinski definition) is 2. The van der Waals surface area contributed by atoms with E-state index in [4.69, 9.17) is 4.74 Å². The molecule has 18 heavy (non-hydrogen) atoms. The lowest BCUT2D eigenvalue weighted by atomic mass is 10.2. The molecule has 0 bridgehead atoms. The van der Waals surface area contributed by atoms with Crippen molar-refractivity contribution in [1.29, 1.82) is 0 Å². The summed E-state index contributed by atoms with van der Waals surface area (Å²) in [6.07, 6.45) is 1.38. The third-order valence-corrected chi connectivity index (χ3v) is 2.73. The smallest absolute Gasteiger partial charge is 0.412 e. The Bertz CT molecular complexity index is 584. The van der Waals surface area contributed by atoms with Gasteiger partial charge in [-0.2, -0.15) is 0 Å². The molecule has 0 fully saturated rings. The molecule has 0 atom stereocenters. The molecule has 2 aromatic rings. The minimum atomic E-state index is -0.507. The summed E-state index contributed by atoms with van der Waals surface area (Å²) >= 11 is 3.41. The summed E-state index contributed by atoms with van der Waals surface area (Å²) in [5, 5.41) is 3.71. The number of aromatic nitrogens is 1. The molecule has 0 aliphatic carbocycles. The van der Waals surface area contributed by atoms with Crippen LogP contribution in [0.15, 0.2) is 28.9 Å². The van der Waals surface area contributed by atoms with E-state index < -0.39 is 11.7 Å². The van der Waals surface area contributed by atoms with Crippen molar-refractivity contribution in [2.45, 2.75) is 26.4 Å². The van der Waals surface area contributed by atoms with Crippen molar-refractivity contribution < 1.29 is 9.53 Å². The highest BCUT2D eigenvalue weighted by atomic mass is 79.9. The van der Waals surface area contributed by atoms with Crippen LogP contribution in [0.25, 0.3) is 10.9 Å². The molecular weight excluding hydrogens is 296 g/mol. The summed E-state index contributed by atoms with van der Waals surface area (Å²) < 4.78 is 6.12. The molecule has 0 unspecified atom stereocenters. The van der Waals surface area contributed by atoms with Crippen LogP contribution in [0.1, 0.15) is 20.8 Å². The van der Waals surface area contributed by atoms with Gasteiger partial charge in [-0.15, -0.1) is 0 Å². The van der Waals surface area contributed by atoms with Gasteiger partial charge in [0.15, 0.2) is 0 Å². The normalized spacial score (nSPS) is 11.6. The van der Waals surface area contributed by atoms with Gasteiger partial charge in [0.1, 0.15) is 5.60 Å². The number of carbonyl (C=O) groups is 1. The molecule has 1 aromatic carbocycles. The molecule has 96 valence electrons. The second-order valence-electron chi connectivity index (χ2n) is 5.02. The molecule has 1 amide bonds. The number of amides is 1. The largest absolute Gasteiger partial charge is 0.444 e. The van der Waals surface area contributed by atoms with Gasteiger partial charge in [-0.05, 0) is 39.0 Å². The minimum Gasteiger partial charge on any atom is -0.444 e. The Morgan fingerprint density at radius 3 is 2.78 bits per heavy atom. The molecule has 5 heteroatoms. The zero-order valence-corrected chi connectivity index (χ0v) is 12.1. The van der Waals surface area contributed by atoms with Crippen LogP contribution in [0.2, 0.25) is 0 Å². The number of carbonyl (C=O) groups excluding carboxylic acids is 1. The van der Waals surface area contributed by atoms with Gasteiger partial charge < -0.3 is 9.72 Å². The summed E-state index contributed by atoms with van der Waals surface area (Å²) in [6.45, 7) is 5.50. The van der Waals surface area contributed by atoms with Crippen LogP contribution in [0, 0.1) is 0 Å². The van der Waals surface area contributed by atoms with E-state index in [0.717, 1.165) is 21.1 Å². The van der Waals surface area contributed by atoms with E-state index in [2.05, 4.69) is 26.2 Å². The van der Waals surface area contributed by atoms with Gasteiger partial charge in [-0.25, -0.2) is 4.79 Å². The summed E-state index contributed by atoms with van der Waals surface area (Å²) in [7, 11) is 0. The topological polar surface area (TPSA) is 54.1 Å². The zero-order valence-electron chi connectivity index (χ0n) is 10.5. The van der Waals surface area contributed by atoms with E-state index in [1.165, 1.54) is 0 Å². The van der Waals surface area contributed by atoms with Crippen molar-refractivity contribution in [2.75, 3.05) is 5.32 Å². The molecule has 2 N–H and O–H groups in total. The number of H-pyrrole nitrogens is 1. The third-order valence-electron chi connectivity index (χ3n) is 2.27. The maximum absolute atomic E-state index is 11.7. The Morgan fingerprint density at radius 1 is 1.39 bits per heavy atom. The average molecular weight is 311 g/mol. The average Bonchev–Trinajstić information content (AvgIpc) is 2.61. The predicted molar refractivity (Wildman–Crippen MR) is 75.9 cm³/mol. The van der Waals surface area contributed by atoms with Crippen molar-refractivity contribution in [3.63, 3.8) is 0 Å². The summed E-state index contributed by atoms with van der Waals surface area (Å²) in [5.41, 5.74) is 1.16. The van der Waals surface area contributed by atoms with Crippen LogP contribution in [0.4, 0.5) is 10.5 Å². The van der Waals surface area contributed by atoms with Crippen molar-refractivity contribution >= 4 is 38.6 Å². The lowest BCUT2D eigenvalue weighted by Crippen LogP contribution is -2.27. The molecule has 0 spiro atoms. The first-order chi connectivity index (χ1) is 8.35. The highest BCUT2D eigenvalue weighted by Gasteiger charge is 2.17. The fourth-order valence-corrected chi connectivity index (χ4v) is 2.11. The maximum Gasteiger partial charge on any atom is 0.412 e. The summed E-state index contributed by atoms with van der Waals surface area (Å²) in [6, 6.07) is 5.71. The monoisotopic (exact) mass is 310 g/mol.